The average molecular weight is 400 g/mol. The molecule has 6 nitrogen and oxygen atoms in total. The summed E-state index contributed by atoms with van der Waals surface area (Å²) in [5.74, 6) is -1.35. The number of carbonyl (C=O) groups is 2. The Labute approximate surface area is 163 Å². The van der Waals surface area contributed by atoms with Crippen LogP contribution >= 0.6 is 0 Å². The second-order valence-corrected chi connectivity index (χ2v) is 6.55. The van der Waals surface area contributed by atoms with Crippen LogP contribution < -0.4 is 5.32 Å². The second-order valence-electron chi connectivity index (χ2n) is 6.55. The lowest BCUT2D eigenvalue weighted by Gasteiger charge is -2.29. The van der Waals surface area contributed by atoms with Crippen molar-refractivity contribution in [3.05, 3.63) is 84.2 Å². The molecule has 1 unspecified atom stereocenters. The lowest BCUT2D eigenvalue weighted by molar-refractivity contribution is -0.198. The maximum atomic E-state index is 14.0. The minimum absolute atomic E-state index is 0.283. The van der Waals surface area contributed by atoms with Crippen LogP contribution in [0.5, 0.6) is 0 Å². The summed E-state index contributed by atoms with van der Waals surface area (Å²) in [4.78, 5) is 25.8. The maximum absolute atomic E-state index is 14.0. The van der Waals surface area contributed by atoms with Crippen LogP contribution in [0, 0.1) is 0 Å². The zero-order chi connectivity index (χ0) is 20.6. The van der Waals surface area contributed by atoms with Crippen LogP contribution in [0.15, 0.2) is 73.1 Å². The molecule has 3 aromatic rings. The SMILES string of the molecule is O=C1NC(c2ccccc2)(C(F)(F)F)C(=O)N1Cc1ccc(-n2cccn2)cc1. The first-order valence-corrected chi connectivity index (χ1v) is 8.68. The first-order chi connectivity index (χ1) is 13.8. The van der Waals surface area contributed by atoms with Crippen molar-refractivity contribution in [2.45, 2.75) is 18.3 Å². The molecule has 3 amide bonds. The molecule has 1 saturated heterocycles. The summed E-state index contributed by atoms with van der Waals surface area (Å²) in [5, 5.41) is 5.96. The number of nitrogens with one attached hydrogen (secondary N) is 1. The lowest BCUT2D eigenvalue weighted by atomic mass is 9.89. The van der Waals surface area contributed by atoms with Crippen molar-refractivity contribution in [1.82, 2.24) is 20.0 Å². The number of aromatic nitrogens is 2. The average Bonchev–Trinajstić information content (AvgIpc) is 3.32. The van der Waals surface area contributed by atoms with Crippen LogP contribution in [-0.2, 0) is 16.9 Å². The smallest absolute Gasteiger partial charge is 0.312 e. The summed E-state index contributed by atoms with van der Waals surface area (Å²) in [7, 11) is 0. The van der Waals surface area contributed by atoms with Gasteiger partial charge in [0.05, 0.1) is 12.2 Å². The molecule has 9 heteroatoms. The van der Waals surface area contributed by atoms with Gasteiger partial charge in [-0.05, 0) is 29.3 Å². The van der Waals surface area contributed by atoms with Crippen LogP contribution in [-0.4, -0.2) is 32.8 Å². The highest BCUT2D eigenvalue weighted by Gasteiger charge is 2.68. The van der Waals surface area contributed by atoms with Crippen molar-refractivity contribution in [3.63, 3.8) is 0 Å². The first-order valence-electron chi connectivity index (χ1n) is 8.68. The Hall–Kier alpha value is -3.62. The predicted molar refractivity (Wildman–Crippen MR) is 96.8 cm³/mol. The number of alkyl halides is 3. The minimum Gasteiger partial charge on any atom is -0.312 e. The Bertz CT molecular complexity index is 1030. The summed E-state index contributed by atoms with van der Waals surface area (Å²) in [5.41, 5.74) is -2.18. The first kappa shape index (κ1) is 18.7. The lowest BCUT2D eigenvalue weighted by Crippen LogP contribution is -2.55. The molecule has 2 aromatic carbocycles. The number of carbonyl (C=O) groups excluding carboxylic acids is 2. The normalized spacial score (nSPS) is 19.5. The zero-order valence-corrected chi connectivity index (χ0v) is 14.9. The van der Waals surface area contributed by atoms with Crippen LogP contribution in [0.3, 0.4) is 0 Å². The highest BCUT2D eigenvalue weighted by molar-refractivity contribution is 6.08. The molecule has 0 aliphatic carbocycles. The number of benzene rings is 2. The standard InChI is InChI=1S/C20H15F3N4O2/c21-20(22,23)19(15-5-2-1-3-6-15)17(28)26(18(29)25-19)13-14-7-9-16(10-8-14)27-12-4-11-24-27/h1-12H,13H2,(H,25,29). The molecule has 1 fully saturated rings. The minimum atomic E-state index is -5.00. The van der Waals surface area contributed by atoms with Crippen LogP contribution in [0.4, 0.5) is 18.0 Å². The van der Waals surface area contributed by atoms with E-state index in [1.807, 2.05) is 5.32 Å². The molecule has 0 radical (unpaired) electrons. The Morgan fingerprint density at radius 1 is 0.966 bits per heavy atom. The third-order valence-electron chi connectivity index (χ3n) is 4.78. The summed E-state index contributed by atoms with van der Waals surface area (Å²) in [6, 6.07) is 14.0. The second kappa shape index (κ2) is 6.77. The Morgan fingerprint density at radius 2 is 1.66 bits per heavy atom. The van der Waals surface area contributed by atoms with Gasteiger partial charge in [0, 0.05) is 12.4 Å². The van der Waals surface area contributed by atoms with Gasteiger partial charge in [0.1, 0.15) is 0 Å². The molecule has 1 atom stereocenters. The monoisotopic (exact) mass is 400 g/mol. The number of imide groups is 1. The van der Waals surface area contributed by atoms with Gasteiger partial charge < -0.3 is 5.32 Å². The summed E-state index contributed by atoms with van der Waals surface area (Å²) in [6.45, 7) is -0.283. The van der Waals surface area contributed by atoms with Gasteiger partial charge in [-0.2, -0.15) is 18.3 Å². The van der Waals surface area contributed by atoms with E-state index in [2.05, 4.69) is 5.10 Å². The fraction of sp³-hybridized carbons (Fsp3) is 0.150. The molecule has 0 spiro atoms. The van der Waals surface area contributed by atoms with Gasteiger partial charge in [0.2, 0.25) is 5.54 Å². The quantitative estimate of drug-likeness (QED) is 0.683. The van der Waals surface area contributed by atoms with E-state index in [0.717, 1.165) is 5.69 Å². The predicted octanol–water partition coefficient (Wildman–Crippen LogP) is 3.38. The molecule has 4 rings (SSSR count). The summed E-state index contributed by atoms with van der Waals surface area (Å²) in [6.07, 6.45) is -1.65. The number of hydrogen-bond acceptors (Lipinski definition) is 3. The molecule has 0 saturated carbocycles. The van der Waals surface area contributed by atoms with Gasteiger partial charge in [-0.3, -0.25) is 9.69 Å². The Morgan fingerprint density at radius 3 is 2.24 bits per heavy atom. The van der Waals surface area contributed by atoms with Crippen LogP contribution in [0.25, 0.3) is 5.69 Å². The molecule has 1 aliphatic heterocycles. The largest absolute Gasteiger partial charge is 0.425 e. The number of rotatable bonds is 4. The van der Waals surface area contributed by atoms with E-state index in [9.17, 15) is 22.8 Å². The third kappa shape index (κ3) is 3.04. The fourth-order valence-electron chi connectivity index (χ4n) is 3.32. The number of nitrogens with zero attached hydrogens (tertiary/aromatic N) is 3. The van der Waals surface area contributed by atoms with Crippen LogP contribution in [0.2, 0.25) is 0 Å². The van der Waals surface area contributed by atoms with E-state index < -0.39 is 23.7 Å². The Balaban J connectivity index is 1.64. The van der Waals surface area contributed by atoms with Crippen LogP contribution in [0.1, 0.15) is 11.1 Å². The van der Waals surface area contributed by atoms with Gasteiger partial charge in [-0.1, -0.05) is 42.5 Å². The number of halogens is 3. The van der Waals surface area contributed by atoms with E-state index in [1.165, 1.54) is 30.3 Å². The summed E-state index contributed by atoms with van der Waals surface area (Å²) < 4.78 is 43.5. The van der Waals surface area contributed by atoms with Crippen molar-refractivity contribution in [3.8, 4) is 5.69 Å². The van der Waals surface area contributed by atoms with Crippen molar-refractivity contribution in [1.29, 1.82) is 0 Å². The topological polar surface area (TPSA) is 67.2 Å². The van der Waals surface area contributed by atoms with Gasteiger partial charge in [0.15, 0.2) is 0 Å². The van der Waals surface area contributed by atoms with Gasteiger partial charge in [-0.15, -0.1) is 0 Å². The molecule has 29 heavy (non-hydrogen) atoms. The third-order valence-corrected chi connectivity index (χ3v) is 4.78. The zero-order valence-electron chi connectivity index (χ0n) is 14.9. The number of urea groups is 1. The molecule has 148 valence electrons. The van der Waals surface area contributed by atoms with Crippen molar-refractivity contribution in [2.75, 3.05) is 0 Å². The number of amides is 3. The molecule has 1 aromatic heterocycles. The van der Waals surface area contributed by atoms with E-state index in [1.54, 1.807) is 47.4 Å². The van der Waals surface area contributed by atoms with Gasteiger partial charge >= 0.3 is 12.2 Å². The van der Waals surface area contributed by atoms with Crippen molar-refractivity contribution in [2.24, 2.45) is 0 Å². The van der Waals surface area contributed by atoms with E-state index in [4.69, 9.17) is 0 Å². The van der Waals surface area contributed by atoms with Gasteiger partial charge in [0.25, 0.3) is 5.91 Å². The maximum Gasteiger partial charge on any atom is 0.425 e. The number of hydrogen-bond donors (Lipinski definition) is 1. The highest BCUT2D eigenvalue weighted by Crippen LogP contribution is 2.43. The van der Waals surface area contributed by atoms with E-state index in [-0.39, 0.29) is 12.1 Å². The molecule has 1 aliphatic rings. The van der Waals surface area contributed by atoms with Crippen molar-refractivity contribution >= 4 is 11.9 Å². The van der Waals surface area contributed by atoms with E-state index in [0.29, 0.717) is 10.5 Å². The molecular formula is C20H15F3N4O2. The molecule has 1 N–H and O–H groups in total. The van der Waals surface area contributed by atoms with E-state index >= 15 is 0 Å². The van der Waals surface area contributed by atoms with Gasteiger partial charge in [-0.25, -0.2) is 9.48 Å². The Kier molecular flexibility index (Phi) is 4.37. The van der Waals surface area contributed by atoms with Crippen molar-refractivity contribution < 1.29 is 22.8 Å². The molecule has 0 bridgehead atoms. The fourth-order valence-corrected chi connectivity index (χ4v) is 3.32. The molecule has 2 heterocycles. The highest BCUT2D eigenvalue weighted by atomic mass is 19.4. The summed E-state index contributed by atoms with van der Waals surface area (Å²) >= 11 is 0. The molecular weight excluding hydrogens is 385 g/mol.